The first-order chi connectivity index (χ1) is 11.9. The van der Waals surface area contributed by atoms with Crippen molar-refractivity contribution in [2.24, 2.45) is 5.92 Å². The lowest BCUT2D eigenvalue weighted by Crippen LogP contribution is -2.62. The van der Waals surface area contributed by atoms with Gasteiger partial charge in [-0.3, -0.25) is 9.59 Å². The Kier molecular flexibility index (Phi) is 4.77. The zero-order chi connectivity index (χ0) is 18.1. The molecule has 1 atom stereocenters. The number of fused-ring (bicyclic) bond motifs is 1. The number of likely N-dealkylation sites (N-methyl/N-ethyl adjacent to an activating group) is 1. The van der Waals surface area contributed by atoms with Gasteiger partial charge in [0.1, 0.15) is 0 Å². The van der Waals surface area contributed by atoms with Crippen LogP contribution in [0.5, 0.6) is 0 Å². The van der Waals surface area contributed by atoms with E-state index in [9.17, 15) is 9.59 Å². The van der Waals surface area contributed by atoms with Gasteiger partial charge in [-0.15, -0.1) is 0 Å². The van der Waals surface area contributed by atoms with E-state index in [1.807, 2.05) is 43.3 Å². The second kappa shape index (κ2) is 6.84. The number of aliphatic hydroxyl groups excluding tert-OH is 1. The first-order valence-electron chi connectivity index (χ1n) is 8.59. The summed E-state index contributed by atoms with van der Waals surface area (Å²) in [6.07, 6.45) is 0. The number of hydrogen-bond acceptors (Lipinski definition) is 3. The van der Waals surface area contributed by atoms with Crippen molar-refractivity contribution in [2.75, 3.05) is 26.7 Å². The van der Waals surface area contributed by atoms with E-state index < -0.39 is 0 Å². The second-order valence-electron chi connectivity index (χ2n) is 6.87. The molecule has 2 aromatic rings. The van der Waals surface area contributed by atoms with Crippen molar-refractivity contribution in [2.45, 2.75) is 19.9 Å². The van der Waals surface area contributed by atoms with Gasteiger partial charge in [-0.2, -0.15) is 0 Å². The Morgan fingerprint density at radius 3 is 2.48 bits per heavy atom. The van der Waals surface area contributed by atoms with Gasteiger partial charge in [-0.1, -0.05) is 37.3 Å². The minimum Gasteiger partial charge on any atom is -0.396 e. The van der Waals surface area contributed by atoms with Gasteiger partial charge in [-0.25, -0.2) is 0 Å². The van der Waals surface area contributed by atoms with Crippen molar-refractivity contribution < 1.29 is 14.7 Å². The van der Waals surface area contributed by atoms with Gasteiger partial charge in [-0.05, 0) is 29.3 Å². The van der Waals surface area contributed by atoms with Gasteiger partial charge in [0.05, 0.1) is 18.6 Å². The quantitative estimate of drug-likeness (QED) is 0.927. The molecule has 3 rings (SSSR count). The molecular weight excluding hydrogens is 316 g/mol. The molecule has 1 aliphatic heterocycles. The monoisotopic (exact) mass is 340 g/mol. The summed E-state index contributed by atoms with van der Waals surface area (Å²) in [7, 11) is 1.79. The lowest BCUT2D eigenvalue weighted by Gasteiger charge is -2.44. The molecule has 1 aliphatic rings. The summed E-state index contributed by atoms with van der Waals surface area (Å²) in [5, 5.41) is 11.1. The highest BCUT2D eigenvalue weighted by Crippen LogP contribution is 2.25. The Labute approximate surface area is 147 Å². The maximum atomic E-state index is 13.0. The molecular formula is C20H24N2O3. The van der Waals surface area contributed by atoms with E-state index in [0.717, 1.165) is 16.3 Å². The van der Waals surface area contributed by atoms with E-state index in [0.29, 0.717) is 18.7 Å². The third-order valence-electron chi connectivity index (χ3n) is 5.11. The minimum absolute atomic E-state index is 0.0161. The third-order valence-corrected chi connectivity index (χ3v) is 5.11. The molecule has 1 heterocycles. The van der Waals surface area contributed by atoms with Crippen LogP contribution in [-0.4, -0.2) is 59.5 Å². The first kappa shape index (κ1) is 17.4. The number of likely N-dealkylation sites (tertiary alicyclic amines) is 1. The van der Waals surface area contributed by atoms with E-state index in [-0.39, 0.29) is 30.4 Å². The molecule has 25 heavy (non-hydrogen) atoms. The zero-order valence-electron chi connectivity index (χ0n) is 14.9. The summed E-state index contributed by atoms with van der Waals surface area (Å²) in [5.74, 6) is -0.466. The zero-order valence-corrected chi connectivity index (χ0v) is 14.9. The molecule has 0 aliphatic carbocycles. The first-order valence-corrected chi connectivity index (χ1v) is 8.59. The molecule has 0 spiro atoms. The standard InChI is InChI=1S/C20H24N2O3/c1-13-8-9-18(17-7-5-4-6-16(13)17)20(25)21(3)15-10-22(11-15)19(24)14(2)12-23/h4-9,14-15,23H,10-12H2,1-3H3. The number of carbonyl (C=O) groups excluding carboxylic acids is 2. The molecule has 0 radical (unpaired) electrons. The van der Waals surface area contributed by atoms with Crippen LogP contribution in [0.25, 0.3) is 10.8 Å². The van der Waals surface area contributed by atoms with Crippen LogP contribution in [0.4, 0.5) is 0 Å². The number of nitrogens with zero attached hydrogens (tertiary/aromatic N) is 2. The number of aliphatic hydroxyl groups is 1. The highest BCUT2D eigenvalue weighted by Gasteiger charge is 2.37. The molecule has 1 saturated heterocycles. The van der Waals surface area contributed by atoms with E-state index in [2.05, 4.69) is 0 Å². The second-order valence-corrected chi connectivity index (χ2v) is 6.87. The predicted octanol–water partition coefficient (Wildman–Crippen LogP) is 2.06. The van der Waals surface area contributed by atoms with Crippen molar-refractivity contribution in [1.29, 1.82) is 0 Å². The van der Waals surface area contributed by atoms with Crippen molar-refractivity contribution in [3.8, 4) is 0 Å². The fraction of sp³-hybridized carbons (Fsp3) is 0.400. The van der Waals surface area contributed by atoms with Crippen LogP contribution < -0.4 is 0 Å². The van der Waals surface area contributed by atoms with Crippen LogP contribution in [0.3, 0.4) is 0 Å². The fourth-order valence-electron chi connectivity index (χ4n) is 3.26. The molecule has 0 bridgehead atoms. The normalized spacial score (nSPS) is 15.8. The molecule has 0 saturated carbocycles. The number of rotatable bonds is 4. The van der Waals surface area contributed by atoms with Crippen molar-refractivity contribution in [1.82, 2.24) is 9.80 Å². The van der Waals surface area contributed by atoms with Crippen LogP contribution in [0.1, 0.15) is 22.8 Å². The Morgan fingerprint density at radius 2 is 1.84 bits per heavy atom. The lowest BCUT2D eigenvalue weighted by atomic mass is 9.98. The number of carbonyl (C=O) groups is 2. The predicted molar refractivity (Wildman–Crippen MR) is 97.4 cm³/mol. The molecule has 0 aromatic heterocycles. The Morgan fingerprint density at radius 1 is 1.20 bits per heavy atom. The summed E-state index contributed by atoms with van der Waals surface area (Å²) < 4.78 is 0. The molecule has 1 N–H and O–H groups in total. The number of amides is 2. The van der Waals surface area contributed by atoms with Crippen LogP contribution in [-0.2, 0) is 4.79 Å². The van der Waals surface area contributed by atoms with Crippen molar-refractivity contribution >= 4 is 22.6 Å². The molecule has 2 amide bonds. The number of aryl methyl sites for hydroxylation is 1. The maximum Gasteiger partial charge on any atom is 0.254 e. The van der Waals surface area contributed by atoms with E-state index in [4.69, 9.17) is 5.11 Å². The SMILES string of the molecule is Cc1ccc(C(=O)N(C)C2CN(C(=O)C(C)CO)C2)c2ccccc12. The number of benzene rings is 2. The highest BCUT2D eigenvalue weighted by molar-refractivity contribution is 6.07. The molecule has 5 heteroatoms. The average Bonchev–Trinajstić information content (AvgIpc) is 2.59. The van der Waals surface area contributed by atoms with Gasteiger partial charge in [0.2, 0.25) is 5.91 Å². The smallest absolute Gasteiger partial charge is 0.254 e. The van der Waals surface area contributed by atoms with E-state index >= 15 is 0 Å². The van der Waals surface area contributed by atoms with Crippen LogP contribution in [0.2, 0.25) is 0 Å². The van der Waals surface area contributed by atoms with Crippen LogP contribution in [0, 0.1) is 12.8 Å². The van der Waals surface area contributed by atoms with Gasteiger partial charge < -0.3 is 14.9 Å². The van der Waals surface area contributed by atoms with E-state index in [1.54, 1.807) is 23.8 Å². The van der Waals surface area contributed by atoms with Crippen LogP contribution in [0.15, 0.2) is 36.4 Å². The summed E-state index contributed by atoms with van der Waals surface area (Å²) in [6.45, 7) is 4.65. The topological polar surface area (TPSA) is 60.9 Å². The minimum atomic E-state index is -0.386. The summed E-state index contributed by atoms with van der Waals surface area (Å²) in [4.78, 5) is 28.4. The molecule has 5 nitrogen and oxygen atoms in total. The van der Waals surface area contributed by atoms with Gasteiger partial charge >= 0.3 is 0 Å². The fourth-order valence-corrected chi connectivity index (χ4v) is 3.26. The lowest BCUT2D eigenvalue weighted by molar-refractivity contribution is -0.142. The Bertz CT molecular complexity index is 812. The Balaban J connectivity index is 1.75. The molecule has 1 fully saturated rings. The van der Waals surface area contributed by atoms with Gasteiger partial charge in [0, 0.05) is 25.7 Å². The van der Waals surface area contributed by atoms with Gasteiger partial charge in [0.15, 0.2) is 0 Å². The van der Waals surface area contributed by atoms with Crippen molar-refractivity contribution in [3.63, 3.8) is 0 Å². The summed E-state index contributed by atoms with van der Waals surface area (Å²) in [5.41, 5.74) is 1.84. The molecule has 1 unspecified atom stereocenters. The molecule has 2 aromatic carbocycles. The largest absolute Gasteiger partial charge is 0.396 e. The van der Waals surface area contributed by atoms with Crippen LogP contribution >= 0.6 is 0 Å². The summed E-state index contributed by atoms with van der Waals surface area (Å²) in [6, 6.07) is 11.8. The third kappa shape index (κ3) is 3.12. The van der Waals surface area contributed by atoms with E-state index in [1.165, 1.54) is 0 Å². The molecule has 132 valence electrons. The van der Waals surface area contributed by atoms with Crippen molar-refractivity contribution in [3.05, 3.63) is 47.5 Å². The maximum absolute atomic E-state index is 13.0. The highest BCUT2D eigenvalue weighted by atomic mass is 16.3. The number of hydrogen-bond donors (Lipinski definition) is 1. The Hall–Kier alpha value is -2.40. The average molecular weight is 340 g/mol. The van der Waals surface area contributed by atoms with Gasteiger partial charge in [0.25, 0.3) is 5.91 Å². The summed E-state index contributed by atoms with van der Waals surface area (Å²) >= 11 is 0.